The second kappa shape index (κ2) is 3.86. The number of rotatable bonds is 2. The molecule has 1 aliphatic heterocycles. The van der Waals surface area contributed by atoms with Gasteiger partial charge in [0.1, 0.15) is 13.1 Å². The zero-order chi connectivity index (χ0) is 10.8. The van der Waals surface area contributed by atoms with Gasteiger partial charge in [0, 0.05) is 17.2 Å². The maximum absolute atomic E-state index is 10.6. The van der Waals surface area contributed by atoms with Crippen LogP contribution in [0.15, 0.2) is 18.2 Å². The molecule has 78 valence electrons. The number of nitrogens with zero attached hydrogens (tertiary/aromatic N) is 1. The third kappa shape index (κ3) is 2.07. The van der Waals surface area contributed by atoms with Crippen molar-refractivity contribution in [2.24, 2.45) is 0 Å². The standard InChI is InChI=1S/C9H8ClN3O2/c10-7-3-6(9-11-1-2-12-9)4-8(5-7)13(14)15/h3-5H,1-2H2,(H,11,12)/p+1. The van der Waals surface area contributed by atoms with Crippen molar-refractivity contribution in [3.05, 3.63) is 38.9 Å². The molecule has 2 N–H and O–H groups in total. The van der Waals surface area contributed by atoms with Gasteiger partial charge in [0.05, 0.1) is 10.5 Å². The number of nitro benzene ring substituents is 1. The Labute approximate surface area is 90.9 Å². The molecule has 15 heavy (non-hydrogen) atoms. The van der Waals surface area contributed by atoms with Crippen LogP contribution in [0.25, 0.3) is 0 Å². The number of amidine groups is 1. The van der Waals surface area contributed by atoms with Gasteiger partial charge >= 0.3 is 0 Å². The number of hydrogen-bond acceptors (Lipinski definition) is 3. The summed E-state index contributed by atoms with van der Waals surface area (Å²) in [5.74, 6) is 0.792. The molecule has 1 aliphatic rings. The van der Waals surface area contributed by atoms with Crippen molar-refractivity contribution >= 4 is 23.1 Å². The zero-order valence-corrected chi connectivity index (χ0v) is 8.54. The minimum absolute atomic E-state index is 0.000463. The number of halogens is 1. The maximum Gasteiger partial charge on any atom is 0.275 e. The Balaban J connectivity index is 2.43. The quantitative estimate of drug-likeness (QED) is 0.536. The average molecular weight is 227 g/mol. The molecular weight excluding hydrogens is 218 g/mol. The van der Waals surface area contributed by atoms with Gasteiger partial charge in [-0.3, -0.25) is 20.4 Å². The molecule has 0 bridgehead atoms. The predicted octanol–water partition coefficient (Wildman–Crippen LogP) is -0.321. The lowest BCUT2D eigenvalue weighted by atomic mass is 10.2. The Bertz CT molecular complexity index is 445. The van der Waals surface area contributed by atoms with Crippen LogP contribution in [0.5, 0.6) is 0 Å². The van der Waals surface area contributed by atoms with Crippen LogP contribution in [-0.4, -0.2) is 23.8 Å². The predicted molar refractivity (Wildman–Crippen MR) is 56.0 cm³/mol. The molecule has 0 unspecified atom stereocenters. The van der Waals surface area contributed by atoms with Gasteiger partial charge in [0.15, 0.2) is 0 Å². The highest BCUT2D eigenvalue weighted by Crippen LogP contribution is 2.20. The summed E-state index contributed by atoms with van der Waals surface area (Å²) < 4.78 is 0. The Morgan fingerprint density at radius 2 is 2.27 bits per heavy atom. The first-order chi connectivity index (χ1) is 7.16. The Morgan fingerprint density at radius 3 is 2.87 bits per heavy atom. The second-order valence-electron chi connectivity index (χ2n) is 3.18. The molecule has 1 heterocycles. The topological polar surface area (TPSA) is 69.1 Å². The maximum atomic E-state index is 10.6. The van der Waals surface area contributed by atoms with E-state index in [0.717, 1.165) is 18.9 Å². The second-order valence-corrected chi connectivity index (χ2v) is 3.62. The lowest BCUT2D eigenvalue weighted by Gasteiger charge is -1.98. The van der Waals surface area contributed by atoms with Crippen LogP contribution in [0.2, 0.25) is 5.02 Å². The average Bonchev–Trinajstić information content (AvgIpc) is 2.69. The SMILES string of the molecule is O=[N+]([O-])c1cc(Cl)cc(C2=[NH+]CCN2)c1. The summed E-state index contributed by atoms with van der Waals surface area (Å²) in [7, 11) is 0. The van der Waals surface area contributed by atoms with Gasteiger partial charge in [-0.25, -0.2) is 0 Å². The molecule has 0 saturated carbocycles. The fourth-order valence-electron chi connectivity index (χ4n) is 1.47. The zero-order valence-electron chi connectivity index (χ0n) is 7.79. The molecule has 0 aromatic heterocycles. The molecule has 0 atom stereocenters. The molecule has 1 aromatic carbocycles. The van der Waals surface area contributed by atoms with E-state index in [1.807, 2.05) is 0 Å². The van der Waals surface area contributed by atoms with Crippen LogP contribution in [-0.2, 0) is 0 Å². The molecule has 0 amide bonds. The smallest absolute Gasteiger partial charge is 0.270 e. The largest absolute Gasteiger partial charge is 0.275 e. The van der Waals surface area contributed by atoms with Crippen molar-refractivity contribution in [3.8, 4) is 0 Å². The third-order valence-electron chi connectivity index (χ3n) is 2.11. The summed E-state index contributed by atoms with van der Waals surface area (Å²) in [5, 5.41) is 14.1. The normalized spacial score (nSPS) is 14.6. The molecule has 0 spiro atoms. The van der Waals surface area contributed by atoms with E-state index in [-0.39, 0.29) is 5.69 Å². The van der Waals surface area contributed by atoms with E-state index in [1.165, 1.54) is 12.1 Å². The van der Waals surface area contributed by atoms with Crippen LogP contribution >= 0.6 is 11.6 Å². The minimum Gasteiger partial charge on any atom is -0.270 e. The lowest BCUT2D eigenvalue weighted by molar-refractivity contribution is -0.444. The molecular formula is C9H9ClN3O2+. The van der Waals surface area contributed by atoms with Crippen LogP contribution in [0, 0.1) is 10.1 Å². The summed E-state index contributed by atoms with van der Waals surface area (Å²) in [6, 6.07) is 4.52. The van der Waals surface area contributed by atoms with E-state index in [9.17, 15) is 10.1 Å². The summed E-state index contributed by atoms with van der Waals surface area (Å²) in [5.41, 5.74) is 0.715. The highest BCUT2D eigenvalue weighted by molar-refractivity contribution is 6.31. The fourth-order valence-corrected chi connectivity index (χ4v) is 1.69. The lowest BCUT2D eigenvalue weighted by Crippen LogP contribution is -2.70. The van der Waals surface area contributed by atoms with E-state index in [1.54, 1.807) is 6.07 Å². The highest BCUT2D eigenvalue weighted by Gasteiger charge is 2.18. The van der Waals surface area contributed by atoms with Gasteiger partial charge in [0.25, 0.3) is 11.5 Å². The monoisotopic (exact) mass is 226 g/mol. The Hall–Kier alpha value is -1.62. The molecule has 0 saturated heterocycles. The molecule has 0 fully saturated rings. The van der Waals surface area contributed by atoms with Crippen LogP contribution in [0.1, 0.15) is 5.56 Å². The first-order valence-corrected chi connectivity index (χ1v) is 4.84. The summed E-state index contributed by atoms with van der Waals surface area (Å²) in [6.07, 6.45) is 0. The summed E-state index contributed by atoms with van der Waals surface area (Å²) >= 11 is 5.80. The molecule has 0 radical (unpaired) electrons. The van der Waals surface area contributed by atoms with Gasteiger partial charge in [-0.1, -0.05) is 11.6 Å². The van der Waals surface area contributed by atoms with Crippen molar-refractivity contribution in [1.29, 1.82) is 0 Å². The van der Waals surface area contributed by atoms with Crippen molar-refractivity contribution in [1.82, 2.24) is 5.32 Å². The van der Waals surface area contributed by atoms with Gasteiger partial charge in [-0.05, 0) is 6.07 Å². The van der Waals surface area contributed by atoms with Gasteiger partial charge in [-0.2, -0.15) is 0 Å². The van der Waals surface area contributed by atoms with E-state index in [4.69, 9.17) is 11.6 Å². The number of nitrogens with one attached hydrogen (secondary N) is 2. The van der Waals surface area contributed by atoms with E-state index < -0.39 is 4.92 Å². The van der Waals surface area contributed by atoms with Crippen LogP contribution in [0.4, 0.5) is 5.69 Å². The third-order valence-corrected chi connectivity index (χ3v) is 2.33. The number of non-ortho nitro benzene ring substituents is 1. The molecule has 0 aliphatic carbocycles. The first kappa shape index (κ1) is 9.92. The van der Waals surface area contributed by atoms with Crippen LogP contribution < -0.4 is 10.3 Å². The number of benzene rings is 1. The van der Waals surface area contributed by atoms with E-state index in [2.05, 4.69) is 10.3 Å². The van der Waals surface area contributed by atoms with Gasteiger partial charge in [-0.15, -0.1) is 0 Å². The van der Waals surface area contributed by atoms with Crippen molar-refractivity contribution in [2.75, 3.05) is 13.1 Å². The summed E-state index contributed by atoms with van der Waals surface area (Å²) in [6.45, 7) is 1.63. The van der Waals surface area contributed by atoms with Crippen molar-refractivity contribution in [2.45, 2.75) is 0 Å². The molecule has 1 aromatic rings. The van der Waals surface area contributed by atoms with Crippen molar-refractivity contribution < 1.29 is 9.92 Å². The van der Waals surface area contributed by atoms with Crippen LogP contribution in [0.3, 0.4) is 0 Å². The highest BCUT2D eigenvalue weighted by atomic mass is 35.5. The van der Waals surface area contributed by atoms with Crippen molar-refractivity contribution in [3.63, 3.8) is 0 Å². The molecule has 6 heteroatoms. The minimum atomic E-state index is -0.453. The number of hydrogen-bond donors (Lipinski definition) is 2. The number of nitro groups is 1. The Kier molecular flexibility index (Phi) is 2.55. The first-order valence-electron chi connectivity index (χ1n) is 4.47. The molecule has 5 nitrogen and oxygen atoms in total. The Morgan fingerprint density at radius 1 is 1.47 bits per heavy atom. The summed E-state index contributed by atoms with van der Waals surface area (Å²) in [4.78, 5) is 13.3. The van der Waals surface area contributed by atoms with Gasteiger partial charge in [0.2, 0.25) is 0 Å². The van der Waals surface area contributed by atoms with E-state index >= 15 is 0 Å². The van der Waals surface area contributed by atoms with E-state index in [0.29, 0.717) is 10.6 Å². The fraction of sp³-hybridized carbons (Fsp3) is 0.222. The van der Waals surface area contributed by atoms with Gasteiger partial charge < -0.3 is 0 Å². The molecule has 2 rings (SSSR count).